The number of ether oxygens (including phenoxy) is 2. The van der Waals surface area contributed by atoms with E-state index in [-0.39, 0.29) is 18.6 Å². The Hall–Kier alpha value is -2.24. The summed E-state index contributed by atoms with van der Waals surface area (Å²) in [5.41, 5.74) is 0.995. The van der Waals surface area contributed by atoms with Crippen LogP contribution in [0.4, 0.5) is 0 Å². The lowest BCUT2D eigenvalue weighted by molar-refractivity contribution is -0.132. The molecule has 6 nitrogen and oxygen atoms in total. The Morgan fingerprint density at radius 3 is 2.42 bits per heavy atom. The van der Waals surface area contributed by atoms with Crippen LogP contribution in [0.25, 0.3) is 0 Å². The van der Waals surface area contributed by atoms with Crippen LogP contribution in [-0.2, 0) is 16.1 Å². The predicted molar refractivity (Wildman–Crippen MR) is 90.8 cm³/mol. The Balaban J connectivity index is 1.77. The number of rotatable bonds is 8. The van der Waals surface area contributed by atoms with E-state index in [0.717, 1.165) is 17.1 Å². The molecule has 0 aliphatic carbocycles. The highest BCUT2D eigenvalue weighted by molar-refractivity contribution is 5.79. The Labute approximate surface area is 143 Å². The van der Waals surface area contributed by atoms with Crippen LogP contribution in [0.15, 0.2) is 18.2 Å². The minimum absolute atomic E-state index is 0.0417. The number of carbonyl (C=O) groups excluding carboxylic acids is 2. The van der Waals surface area contributed by atoms with Gasteiger partial charge in [0, 0.05) is 39.5 Å². The Kier molecular flexibility index (Phi) is 6.46. The fourth-order valence-corrected chi connectivity index (χ4v) is 2.72. The van der Waals surface area contributed by atoms with Crippen LogP contribution < -0.4 is 9.47 Å². The highest BCUT2D eigenvalue weighted by Gasteiger charge is 2.16. The molecule has 1 aliphatic heterocycles. The summed E-state index contributed by atoms with van der Waals surface area (Å²) in [6, 6.07) is 5.69. The molecule has 0 unspecified atom stereocenters. The number of nitrogens with zero attached hydrogens (tertiary/aromatic N) is 2. The third-order valence-corrected chi connectivity index (χ3v) is 4.18. The number of amides is 2. The van der Waals surface area contributed by atoms with Crippen LogP contribution >= 0.6 is 0 Å². The Bertz CT molecular complexity index is 584. The molecule has 1 heterocycles. The molecule has 0 N–H and O–H groups in total. The monoisotopic (exact) mass is 334 g/mol. The first kappa shape index (κ1) is 18.1. The molecule has 0 saturated carbocycles. The van der Waals surface area contributed by atoms with Crippen LogP contribution in [0.2, 0.25) is 0 Å². The first-order valence-electron chi connectivity index (χ1n) is 8.45. The van der Waals surface area contributed by atoms with E-state index in [4.69, 9.17) is 9.47 Å². The van der Waals surface area contributed by atoms with E-state index < -0.39 is 0 Å². The van der Waals surface area contributed by atoms with Gasteiger partial charge in [-0.25, -0.2) is 0 Å². The maximum absolute atomic E-state index is 12.2. The fraction of sp³-hybridized carbons (Fsp3) is 0.556. The summed E-state index contributed by atoms with van der Waals surface area (Å²) in [5, 5.41) is 0. The average Bonchev–Trinajstić information content (AvgIpc) is 3.03. The minimum atomic E-state index is 0.0417. The molecule has 2 rings (SSSR count). The smallest absolute Gasteiger partial charge is 0.231 e. The van der Waals surface area contributed by atoms with Crippen molar-refractivity contribution in [2.75, 3.05) is 26.9 Å². The molecule has 0 saturated heterocycles. The average molecular weight is 334 g/mol. The summed E-state index contributed by atoms with van der Waals surface area (Å²) in [7, 11) is 1.78. The zero-order chi connectivity index (χ0) is 17.5. The van der Waals surface area contributed by atoms with Crippen molar-refractivity contribution >= 4 is 11.8 Å². The van der Waals surface area contributed by atoms with Gasteiger partial charge in [0.2, 0.25) is 18.6 Å². The molecule has 24 heavy (non-hydrogen) atoms. The van der Waals surface area contributed by atoms with Crippen LogP contribution in [-0.4, -0.2) is 48.5 Å². The highest BCUT2D eigenvalue weighted by Crippen LogP contribution is 2.32. The molecular formula is C18H26N2O4. The minimum Gasteiger partial charge on any atom is -0.454 e. The molecule has 1 aromatic carbocycles. The van der Waals surface area contributed by atoms with E-state index in [1.165, 1.54) is 0 Å². The Morgan fingerprint density at radius 2 is 1.71 bits per heavy atom. The summed E-state index contributed by atoms with van der Waals surface area (Å²) in [6.07, 6.45) is 1.39. The number of benzene rings is 1. The SMILES string of the molecule is CCN(CC)C(=O)CCCC(=O)N(C)Cc1ccc2c(c1)OCO2. The molecule has 0 spiro atoms. The van der Waals surface area contributed by atoms with E-state index >= 15 is 0 Å². The summed E-state index contributed by atoms with van der Waals surface area (Å²) >= 11 is 0. The lowest BCUT2D eigenvalue weighted by Gasteiger charge is -2.20. The van der Waals surface area contributed by atoms with Crippen molar-refractivity contribution in [3.63, 3.8) is 0 Å². The summed E-state index contributed by atoms with van der Waals surface area (Å²) in [4.78, 5) is 27.6. The van der Waals surface area contributed by atoms with Gasteiger partial charge in [0.25, 0.3) is 0 Å². The molecule has 1 aliphatic rings. The number of fused-ring (bicyclic) bond motifs is 1. The van der Waals surface area contributed by atoms with E-state index in [0.29, 0.717) is 38.9 Å². The first-order chi connectivity index (χ1) is 11.5. The standard InChI is InChI=1S/C18H26N2O4/c1-4-20(5-2)18(22)8-6-7-17(21)19(3)12-14-9-10-15-16(11-14)24-13-23-15/h9-11H,4-8,12-13H2,1-3H3. The second-order valence-corrected chi connectivity index (χ2v) is 5.86. The predicted octanol–water partition coefficient (Wildman–Crippen LogP) is 2.41. The third-order valence-electron chi connectivity index (χ3n) is 4.18. The van der Waals surface area contributed by atoms with Crippen molar-refractivity contribution in [1.29, 1.82) is 0 Å². The van der Waals surface area contributed by atoms with Gasteiger partial charge in [-0.05, 0) is 38.0 Å². The molecule has 0 bridgehead atoms. The fourth-order valence-electron chi connectivity index (χ4n) is 2.72. The van der Waals surface area contributed by atoms with Gasteiger partial charge in [-0.2, -0.15) is 0 Å². The number of hydrogen-bond acceptors (Lipinski definition) is 4. The molecule has 0 radical (unpaired) electrons. The van der Waals surface area contributed by atoms with Gasteiger partial charge < -0.3 is 19.3 Å². The zero-order valence-corrected chi connectivity index (χ0v) is 14.7. The van der Waals surface area contributed by atoms with Gasteiger partial charge in [-0.15, -0.1) is 0 Å². The highest BCUT2D eigenvalue weighted by atomic mass is 16.7. The lowest BCUT2D eigenvalue weighted by Crippen LogP contribution is -2.31. The lowest BCUT2D eigenvalue weighted by atomic mass is 10.1. The van der Waals surface area contributed by atoms with Crippen molar-refractivity contribution in [1.82, 2.24) is 9.80 Å². The molecule has 6 heteroatoms. The zero-order valence-electron chi connectivity index (χ0n) is 14.7. The van der Waals surface area contributed by atoms with Crippen LogP contribution in [0.5, 0.6) is 11.5 Å². The number of hydrogen-bond donors (Lipinski definition) is 0. The van der Waals surface area contributed by atoms with Gasteiger partial charge in [-0.1, -0.05) is 6.07 Å². The van der Waals surface area contributed by atoms with E-state index in [1.807, 2.05) is 32.0 Å². The van der Waals surface area contributed by atoms with Crippen molar-refractivity contribution in [3.05, 3.63) is 23.8 Å². The van der Waals surface area contributed by atoms with Crippen molar-refractivity contribution < 1.29 is 19.1 Å². The number of carbonyl (C=O) groups is 2. The normalized spacial score (nSPS) is 12.1. The maximum atomic E-state index is 12.2. The van der Waals surface area contributed by atoms with Crippen molar-refractivity contribution in [2.45, 2.75) is 39.7 Å². The topological polar surface area (TPSA) is 59.1 Å². The molecule has 0 aromatic heterocycles. The quantitative estimate of drug-likeness (QED) is 0.732. The van der Waals surface area contributed by atoms with Crippen molar-refractivity contribution in [2.24, 2.45) is 0 Å². The van der Waals surface area contributed by atoms with Gasteiger partial charge in [0.1, 0.15) is 0 Å². The maximum Gasteiger partial charge on any atom is 0.231 e. The second-order valence-electron chi connectivity index (χ2n) is 5.86. The van der Waals surface area contributed by atoms with E-state index in [9.17, 15) is 9.59 Å². The first-order valence-corrected chi connectivity index (χ1v) is 8.45. The molecule has 0 atom stereocenters. The van der Waals surface area contributed by atoms with Crippen LogP contribution in [0, 0.1) is 0 Å². The molecule has 1 aromatic rings. The second kappa shape index (κ2) is 8.57. The summed E-state index contributed by atoms with van der Waals surface area (Å²) in [5.74, 6) is 1.62. The Morgan fingerprint density at radius 1 is 1.04 bits per heavy atom. The van der Waals surface area contributed by atoms with Gasteiger partial charge >= 0.3 is 0 Å². The van der Waals surface area contributed by atoms with Crippen LogP contribution in [0.1, 0.15) is 38.7 Å². The molecule has 0 fully saturated rings. The largest absolute Gasteiger partial charge is 0.454 e. The van der Waals surface area contributed by atoms with Crippen molar-refractivity contribution in [3.8, 4) is 11.5 Å². The van der Waals surface area contributed by atoms with E-state index in [2.05, 4.69) is 0 Å². The van der Waals surface area contributed by atoms with E-state index in [1.54, 1.807) is 16.8 Å². The third kappa shape index (κ3) is 4.63. The summed E-state index contributed by atoms with van der Waals surface area (Å²) in [6.45, 7) is 6.12. The van der Waals surface area contributed by atoms with Crippen LogP contribution in [0.3, 0.4) is 0 Å². The molecule has 2 amide bonds. The van der Waals surface area contributed by atoms with Gasteiger partial charge in [0.15, 0.2) is 11.5 Å². The summed E-state index contributed by atoms with van der Waals surface area (Å²) < 4.78 is 10.6. The molecular weight excluding hydrogens is 308 g/mol. The molecule has 132 valence electrons. The van der Waals surface area contributed by atoms with Gasteiger partial charge in [-0.3, -0.25) is 9.59 Å². The van der Waals surface area contributed by atoms with Gasteiger partial charge in [0.05, 0.1) is 0 Å².